The van der Waals surface area contributed by atoms with Crippen LogP contribution >= 0.6 is 23.6 Å². The van der Waals surface area contributed by atoms with E-state index in [1.54, 1.807) is 17.7 Å². The molecule has 2 heterocycles. The molecule has 0 bridgehead atoms. The summed E-state index contributed by atoms with van der Waals surface area (Å²) < 4.78 is 1.01. The number of rotatable bonds is 4. The van der Waals surface area contributed by atoms with Crippen molar-refractivity contribution < 1.29 is 0 Å². The fourth-order valence-corrected chi connectivity index (χ4v) is 4.55. The number of anilines is 1. The second kappa shape index (κ2) is 7.97. The third-order valence-corrected chi connectivity index (χ3v) is 6.00. The van der Waals surface area contributed by atoms with Gasteiger partial charge in [0.15, 0.2) is 10.9 Å². The summed E-state index contributed by atoms with van der Waals surface area (Å²) in [7, 11) is 0. The van der Waals surface area contributed by atoms with Gasteiger partial charge in [-0.2, -0.15) is 0 Å². The van der Waals surface area contributed by atoms with Crippen molar-refractivity contribution >= 4 is 44.7 Å². The van der Waals surface area contributed by atoms with Crippen LogP contribution in [0.15, 0.2) is 42.7 Å². The Morgan fingerprint density at radius 3 is 2.69 bits per heavy atom. The van der Waals surface area contributed by atoms with E-state index in [9.17, 15) is 0 Å². The molecule has 4 rings (SSSR count). The van der Waals surface area contributed by atoms with Crippen LogP contribution < -0.4 is 16.2 Å². The summed E-state index contributed by atoms with van der Waals surface area (Å²) >= 11 is 7.09. The maximum atomic E-state index is 5.41. The van der Waals surface area contributed by atoms with E-state index in [2.05, 4.69) is 44.3 Å². The first-order valence-corrected chi connectivity index (χ1v) is 10.1. The summed E-state index contributed by atoms with van der Waals surface area (Å²) in [5, 5.41) is 4.00. The lowest BCUT2D eigenvalue weighted by Gasteiger charge is -2.24. The van der Waals surface area contributed by atoms with E-state index < -0.39 is 0 Å². The molecule has 3 N–H and O–H groups in total. The number of hydrazine groups is 1. The van der Waals surface area contributed by atoms with Gasteiger partial charge in [-0.3, -0.25) is 10.9 Å². The Morgan fingerprint density at radius 2 is 1.88 bits per heavy atom. The van der Waals surface area contributed by atoms with Gasteiger partial charge in [0.1, 0.15) is 6.33 Å². The zero-order chi connectivity index (χ0) is 17.8. The highest BCUT2D eigenvalue weighted by atomic mass is 32.1. The predicted octanol–water partition coefficient (Wildman–Crippen LogP) is 4.48. The normalized spacial score (nSPS) is 14.9. The van der Waals surface area contributed by atoms with Gasteiger partial charge in [-0.05, 0) is 36.7 Å². The molecule has 0 unspecified atom stereocenters. The standard InChI is InChI=1S/C19H21N5S2/c25-19(22-14-9-5-2-6-10-14)24-23-18-17-15(20-12-21-18)11-16(26-17)13-7-3-1-4-8-13/h1,3-4,7-8,11-12,14H,2,5-6,9-10H2,(H,20,21,23)(H2,22,24,25). The van der Waals surface area contributed by atoms with Gasteiger partial charge in [0, 0.05) is 10.9 Å². The van der Waals surface area contributed by atoms with E-state index in [0.717, 1.165) is 16.0 Å². The van der Waals surface area contributed by atoms with Crippen molar-refractivity contribution in [2.75, 3.05) is 5.43 Å². The van der Waals surface area contributed by atoms with Gasteiger partial charge in [0.25, 0.3) is 0 Å². The van der Waals surface area contributed by atoms with E-state index in [0.29, 0.717) is 11.2 Å². The summed E-state index contributed by atoms with van der Waals surface area (Å²) in [5.74, 6) is 0.745. The van der Waals surface area contributed by atoms with Crippen molar-refractivity contribution in [3.8, 4) is 10.4 Å². The Balaban J connectivity index is 1.46. The van der Waals surface area contributed by atoms with Crippen molar-refractivity contribution in [2.45, 2.75) is 38.1 Å². The Labute approximate surface area is 162 Å². The Bertz CT molecular complexity index is 887. The lowest BCUT2D eigenvalue weighted by molar-refractivity contribution is 0.412. The zero-order valence-electron chi connectivity index (χ0n) is 14.4. The van der Waals surface area contributed by atoms with E-state index in [-0.39, 0.29) is 0 Å². The number of hydrogen-bond acceptors (Lipinski definition) is 5. The quantitative estimate of drug-likeness (QED) is 0.456. The van der Waals surface area contributed by atoms with Crippen molar-refractivity contribution in [2.24, 2.45) is 0 Å². The molecule has 2 aromatic heterocycles. The van der Waals surface area contributed by atoms with Crippen LogP contribution in [0.1, 0.15) is 32.1 Å². The van der Waals surface area contributed by atoms with Crippen molar-refractivity contribution in [3.05, 3.63) is 42.7 Å². The number of hydrogen-bond donors (Lipinski definition) is 3. The summed E-state index contributed by atoms with van der Waals surface area (Å²) in [6, 6.07) is 12.9. The van der Waals surface area contributed by atoms with E-state index in [1.165, 1.54) is 42.5 Å². The minimum absolute atomic E-state index is 0.474. The number of thiocarbonyl (C=S) groups is 1. The number of fused-ring (bicyclic) bond motifs is 1. The van der Waals surface area contributed by atoms with Gasteiger partial charge in [0.05, 0.1) is 10.2 Å². The molecule has 0 amide bonds. The molecule has 1 saturated carbocycles. The third kappa shape index (κ3) is 3.94. The second-order valence-electron chi connectivity index (χ2n) is 6.47. The molecule has 1 aromatic carbocycles. The maximum Gasteiger partial charge on any atom is 0.185 e. The molecule has 1 fully saturated rings. The molecule has 0 saturated heterocycles. The molecule has 5 nitrogen and oxygen atoms in total. The van der Waals surface area contributed by atoms with E-state index in [4.69, 9.17) is 12.2 Å². The van der Waals surface area contributed by atoms with Crippen LogP contribution in [0.3, 0.4) is 0 Å². The van der Waals surface area contributed by atoms with Crippen LogP contribution in [0.25, 0.3) is 20.7 Å². The van der Waals surface area contributed by atoms with Gasteiger partial charge < -0.3 is 5.32 Å². The molecule has 1 aliphatic carbocycles. The Hall–Kier alpha value is -2.25. The molecule has 134 valence electrons. The first-order chi connectivity index (χ1) is 12.8. The molecule has 7 heteroatoms. The fourth-order valence-electron chi connectivity index (χ4n) is 3.27. The molecular weight excluding hydrogens is 362 g/mol. The first-order valence-electron chi connectivity index (χ1n) is 8.92. The molecule has 0 atom stereocenters. The smallest absolute Gasteiger partial charge is 0.185 e. The summed E-state index contributed by atoms with van der Waals surface area (Å²) in [5.41, 5.74) is 8.34. The van der Waals surface area contributed by atoms with Gasteiger partial charge in [0.2, 0.25) is 0 Å². The number of nitrogens with one attached hydrogen (secondary N) is 3. The molecule has 0 spiro atoms. The highest BCUT2D eigenvalue weighted by molar-refractivity contribution is 7.80. The molecule has 0 radical (unpaired) electrons. The van der Waals surface area contributed by atoms with Gasteiger partial charge >= 0.3 is 0 Å². The van der Waals surface area contributed by atoms with Crippen LogP contribution in [0.5, 0.6) is 0 Å². The number of thiophene rings is 1. The summed E-state index contributed by atoms with van der Waals surface area (Å²) in [6.07, 6.45) is 7.83. The topological polar surface area (TPSA) is 61.9 Å². The minimum atomic E-state index is 0.474. The van der Waals surface area contributed by atoms with Crippen LogP contribution in [0, 0.1) is 0 Å². The summed E-state index contributed by atoms with van der Waals surface area (Å²) in [4.78, 5) is 9.94. The number of nitrogens with zero attached hydrogens (tertiary/aromatic N) is 2. The van der Waals surface area contributed by atoms with Crippen LogP contribution in [0.2, 0.25) is 0 Å². The molecular formula is C19H21N5S2. The lowest BCUT2D eigenvalue weighted by Crippen LogP contribution is -2.44. The van der Waals surface area contributed by atoms with Gasteiger partial charge in [-0.25, -0.2) is 9.97 Å². The number of benzene rings is 1. The van der Waals surface area contributed by atoms with Gasteiger partial charge in [-0.1, -0.05) is 49.6 Å². The monoisotopic (exact) mass is 383 g/mol. The third-order valence-electron chi connectivity index (χ3n) is 4.60. The van der Waals surface area contributed by atoms with Crippen molar-refractivity contribution in [1.29, 1.82) is 0 Å². The van der Waals surface area contributed by atoms with Crippen LogP contribution in [-0.4, -0.2) is 21.1 Å². The number of aromatic nitrogens is 2. The molecule has 3 aromatic rings. The second-order valence-corrected chi connectivity index (χ2v) is 7.93. The highest BCUT2D eigenvalue weighted by Crippen LogP contribution is 2.35. The van der Waals surface area contributed by atoms with Gasteiger partial charge in [-0.15, -0.1) is 11.3 Å². The van der Waals surface area contributed by atoms with Crippen LogP contribution in [-0.2, 0) is 0 Å². The van der Waals surface area contributed by atoms with Crippen molar-refractivity contribution in [3.63, 3.8) is 0 Å². The SMILES string of the molecule is S=C(NNc1ncnc2cc(-c3ccccc3)sc12)NC1CCCCC1. The van der Waals surface area contributed by atoms with Crippen molar-refractivity contribution in [1.82, 2.24) is 20.7 Å². The van der Waals surface area contributed by atoms with E-state index in [1.807, 2.05) is 18.2 Å². The average Bonchev–Trinajstić information content (AvgIpc) is 3.13. The predicted molar refractivity (Wildman–Crippen MR) is 112 cm³/mol. The molecule has 1 aliphatic rings. The first kappa shape index (κ1) is 17.2. The maximum absolute atomic E-state index is 5.41. The molecule has 26 heavy (non-hydrogen) atoms. The Morgan fingerprint density at radius 1 is 1.08 bits per heavy atom. The molecule has 0 aliphatic heterocycles. The largest absolute Gasteiger partial charge is 0.359 e. The van der Waals surface area contributed by atoms with Crippen LogP contribution in [0.4, 0.5) is 5.82 Å². The average molecular weight is 384 g/mol. The fraction of sp³-hybridized carbons (Fsp3) is 0.316. The Kier molecular flexibility index (Phi) is 5.26. The lowest BCUT2D eigenvalue weighted by atomic mass is 9.96. The highest BCUT2D eigenvalue weighted by Gasteiger charge is 2.14. The minimum Gasteiger partial charge on any atom is -0.359 e. The summed E-state index contributed by atoms with van der Waals surface area (Å²) in [6.45, 7) is 0. The zero-order valence-corrected chi connectivity index (χ0v) is 16.0. The van der Waals surface area contributed by atoms with E-state index >= 15 is 0 Å².